The number of aryl methyl sites for hydroxylation is 2. The first-order valence-electron chi connectivity index (χ1n) is 5.99. The molecule has 1 heterocycles. The Morgan fingerprint density at radius 2 is 1.95 bits per heavy atom. The summed E-state index contributed by atoms with van der Waals surface area (Å²) in [4.78, 5) is 17.2. The second-order valence-electron chi connectivity index (χ2n) is 4.56. The third-order valence-electron chi connectivity index (χ3n) is 3.04. The van der Waals surface area contributed by atoms with Gasteiger partial charge >= 0.3 is 5.97 Å². The van der Waals surface area contributed by atoms with Gasteiger partial charge in [-0.3, -0.25) is 0 Å². The molecule has 0 aliphatic carbocycles. The summed E-state index contributed by atoms with van der Waals surface area (Å²) < 4.78 is 0. The Labute approximate surface area is 112 Å². The van der Waals surface area contributed by atoms with Crippen LogP contribution < -0.4 is 4.90 Å². The first-order chi connectivity index (χ1) is 8.99. The Kier molecular flexibility index (Phi) is 3.51. The number of rotatable bonds is 3. The van der Waals surface area contributed by atoms with Crippen LogP contribution >= 0.6 is 0 Å². The van der Waals surface area contributed by atoms with Crippen molar-refractivity contribution in [3.63, 3.8) is 0 Å². The summed E-state index contributed by atoms with van der Waals surface area (Å²) in [7, 11) is 1.92. The van der Waals surface area contributed by atoms with E-state index in [1.165, 1.54) is 0 Å². The molecule has 1 aromatic carbocycles. The van der Waals surface area contributed by atoms with Crippen molar-refractivity contribution in [1.82, 2.24) is 4.98 Å². The summed E-state index contributed by atoms with van der Waals surface area (Å²) in [5.41, 5.74) is 3.26. The number of carboxylic acids is 1. The van der Waals surface area contributed by atoms with E-state index in [9.17, 15) is 4.79 Å². The molecule has 0 amide bonds. The maximum absolute atomic E-state index is 10.9. The lowest BCUT2D eigenvalue weighted by Gasteiger charge is -2.20. The van der Waals surface area contributed by atoms with Gasteiger partial charge in [-0.2, -0.15) is 0 Å². The Hall–Kier alpha value is -2.36. The highest BCUT2D eigenvalue weighted by Gasteiger charge is 2.10. The van der Waals surface area contributed by atoms with Crippen molar-refractivity contribution in [2.45, 2.75) is 13.8 Å². The van der Waals surface area contributed by atoms with Gasteiger partial charge in [0.1, 0.15) is 5.82 Å². The predicted octanol–water partition coefficient (Wildman–Crippen LogP) is 3.16. The molecule has 0 unspecified atom stereocenters. The van der Waals surface area contributed by atoms with Crippen LogP contribution in [0.1, 0.15) is 21.5 Å². The minimum absolute atomic E-state index is 0.298. The highest BCUT2D eigenvalue weighted by Crippen LogP contribution is 2.26. The van der Waals surface area contributed by atoms with Gasteiger partial charge in [-0.05, 0) is 49.2 Å². The molecule has 0 atom stereocenters. The van der Waals surface area contributed by atoms with Gasteiger partial charge in [0.2, 0.25) is 0 Å². The summed E-state index contributed by atoms with van der Waals surface area (Å²) >= 11 is 0. The van der Waals surface area contributed by atoms with E-state index in [1.807, 2.05) is 44.1 Å². The molecular formula is C15H16N2O2. The number of benzene rings is 1. The molecule has 1 N–H and O–H groups in total. The number of carbonyl (C=O) groups is 1. The van der Waals surface area contributed by atoms with Crippen LogP contribution in [0.5, 0.6) is 0 Å². The van der Waals surface area contributed by atoms with E-state index in [0.717, 1.165) is 22.6 Å². The maximum Gasteiger partial charge on any atom is 0.335 e. The average Bonchev–Trinajstić information content (AvgIpc) is 2.38. The molecule has 4 heteroatoms. The second kappa shape index (κ2) is 5.10. The normalized spacial score (nSPS) is 10.3. The van der Waals surface area contributed by atoms with Gasteiger partial charge in [-0.15, -0.1) is 0 Å². The van der Waals surface area contributed by atoms with Crippen LogP contribution in [-0.4, -0.2) is 23.1 Å². The number of pyridine rings is 1. The lowest BCUT2D eigenvalue weighted by Crippen LogP contribution is -2.13. The van der Waals surface area contributed by atoms with Crippen molar-refractivity contribution in [3.8, 4) is 0 Å². The lowest BCUT2D eigenvalue weighted by atomic mass is 10.1. The van der Waals surface area contributed by atoms with Crippen molar-refractivity contribution in [1.29, 1.82) is 0 Å². The highest BCUT2D eigenvalue weighted by atomic mass is 16.4. The molecule has 2 aromatic rings. The Bertz CT molecular complexity index is 606. The monoisotopic (exact) mass is 256 g/mol. The molecule has 4 nitrogen and oxygen atoms in total. The molecule has 0 saturated heterocycles. The fourth-order valence-corrected chi connectivity index (χ4v) is 1.95. The van der Waals surface area contributed by atoms with Crippen LogP contribution in [0.4, 0.5) is 11.5 Å². The van der Waals surface area contributed by atoms with E-state index in [-0.39, 0.29) is 0 Å². The number of aromatic nitrogens is 1. The second-order valence-corrected chi connectivity index (χ2v) is 4.56. The van der Waals surface area contributed by atoms with E-state index in [0.29, 0.717) is 5.56 Å². The number of aromatic carboxylic acids is 1. The SMILES string of the molecule is Cc1ccc(N(C)c2ccc(C(=O)O)cc2C)nc1. The minimum atomic E-state index is -0.911. The summed E-state index contributed by atoms with van der Waals surface area (Å²) in [5, 5.41) is 8.96. The van der Waals surface area contributed by atoms with Crippen molar-refractivity contribution < 1.29 is 9.90 Å². The van der Waals surface area contributed by atoms with Crippen LogP contribution in [0.2, 0.25) is 0 Å². The van der Waals surface area contributed by atoms with Gasteiger partial charge in [-0.25, -0.2) is 9.78 Å². The van der Waals surface area contributed by atoms with Gasteiger partial charge in [0.05, 0.1) is 5.56 Å². The minimum Gasteiger partial charge on any atom is -0.478 e. The summed E-state index contributed by atoms with van der Waals surface area (Å²) in [6.07, 6.45) is 1.81. The topological polar surface area (TPSA) is 53.4 Å². The van der Waals surface area contributed by atoms with Crippen LogP contribution in [0.3, 0.4) is 0 Å². The van der Waals surface area contributed by atoms with Crippen LogP contribution in [0.15, 0.2) is 36.5 Å². The zero-order valence-corrected chi connectivity index (χ0v) is 11.2. The predicted molar refractivity (Wildman–Crippen MR) is 75.2 cm³/mol. The van der Waals surface area contributed by atoms with Crippen molar-refractivity contribution in [2.75, 3.05) is 11.9 Å². The van der Waals surface area contributed by atoms with E-state index >= 15 is 0 Å². The fourth-order valence-electron chi connectivity index (χ4n) is 1.95. The standard InChI is InChI=1S/C15H16N2O2/c1-10-4-7-14(16-9-10)17(3)13-6-5-12(15(18)19)8-11(13)2/h4-9H,1-3H3,(H,18,19). The molecule has 19 heavy (non-hydrogen) atoms. The molecule has 0 aliphatic rings. The molecule has 0 radical (unpaired) electrons. The quantitative estimate of drug-likeness (QED) is 0.916. The molecule has 2 rings (SSSR count). The number of anilines is 2. The zero-order valence-electron chi connectivity index (χ0n) is 11.2. The Balaban J connectivity index is 2.36. The van der Waals surface area contributed by atoms with E-state index in [4.69, 9.17) is 5.11 Å². The summed E-state index contributed by atoms with van der Waals surface area (Å²) in [6.45, 7) is 3.89. The van der Waals surface area contributed by atoms with Gasteiger partial charge in [0.15, 0.2) is 0 Å². The lowest BCUT2D eigenvalue weighted by molar-refractivity contribution is 0.0697. The Morgan fingerprint density at radius 3 is 2.47 bits per heavy atom. The molecule has 0 bridgehead atoms. The molecule has 1 aromatic heterocycles. The highest BCUT2D eigenvalue weighted by molar-refractivity contribution is 5.88. The van der Waals surface area contributed by atoms with Gasteiger partial charge in [0, 0.05) is 18.9 Å². The van der Waals surface area contributed by atoms with Crippen molar-refractivity contribution >= 4 is 17.5 Å². The molecule has 0 spiro atoms. The van der Waals surface area contributed by atoms with Crippen LogP contribution in [0, 0.1) is 13.8 Å². The Morgan fingerprint density at radius 1 is 1.21 bits per heavy atom. The summed E-state index contributed by atoms with van der Waals surface area (Å²) in [5.74, 6) is -0.0810. The van der Waals surface area contributed by atoms with E-state index in [1.54, 1.807) is 18.2 Å². The van der Waals surface area contributed by atoms with Gasteiger partial charge in [-0.1, -0.05) is 6.07 Å². The number of carboxylic acid groups (broad SMARTS) is 1. The number of hydrogen-bond acceptors (Lipinski definition) is 3. The largest absolute Gasteiger partial charge is 0.478 e. The molecule has 0 saturated carbocycles. The average molecular weight is 256 g/mol. The zero-order chi connectivity index (χ0) is 14.0. The molecule has 0 fully saturated rings. The molecule has 0 aliphatic heterocycles. The van der Waals surface area contributed by atoms with Crippen molar-refractivity contribution in [2.24, 2.45) is 0 Å². The van der Waals surface area contributed by atoms with E-state index < -0.39 is 5.97 Å². The maximum atomic E-state index is 10.9. The third kappa shape index (κ3) is 2.73. The van der Waals surface area contributed by atoms with Gasteiger partial charge in [0.25, 0.3) is 0 Å². The molecule has 98 valence electrons. The van der Waals surface area contributed by atoms with Crippen molar-refractivity contribution in [3.05, 3.63) is 53.2 Å². The van der Waals surface area contributed by atoms with Crippen LogP contribution in [0.25, 0.3) is 0 Å². The number of nitrogens with zero attached hydrogens (tertiary/aromatic N) is 2. The third-order valence-corrected chi connectivity index (χ3v) is 3.04. The first kappa shape index (κ1) is 13.1. The van der Waals surface area contributed by atoms with Gasteiger partial charge < -0.3 is 10.0 Å². The van der Waals surface area contributed by atoms with E-state index in [2.05, 4.69) is 4.98 Å². The molecular weight excluding hydrogens is 240 g/mol. The number of hydrogen-bond donors (Lipinski definition) is 1. The fraction of sp³-hybridized carbons (Fsp3) is 0.200. The smallest absolute Gasteiger partial charge is 0.335 e. The van der Waals surface area contributed by atoms with Crippen LogP contribution in [-0.2, 0) is 0 Å². The first-order valence-corrected chi connectivity index (χ1v) is 5.99. The summed E-state index contributed by atoms with van der Waals surface area (Å²) in [6, 6.07) is 9.03.